The van der Waals surface area contributed by atoms with Gasteiger partial charge in [-0.15, -0.1) is 0 Å². The van der Waals surface area contributed by atoms with Gasteiger partial charge in [0.25, 0.3) is 0 Å². The molecule has 1 atom stereocenters. The van der Waals surface area contributed by atoms with Gasteiger partial charge in [0.05, 0.1) is 0 Å². The number of rotatable bonds is 6. The van der Waals surface area contributed by atoms with Gasteiger partial charge in [0.1, 0.15) is 6.04 Å². The largest absolute Gasteiger partial charge is 0.326 e. The lowest BCUT2D eigenvalue weighted by Crippen LogP contribution is -2.54. The zero-order valence-electron chi connectivity index (χ0n) is 19.8. The molecule has 1 heterocycles. The second kappa shape index (κ2) is 9.25. The maximum Gasteiger partial charge on any atom is 0.247 e. The van der Waals surface area contributed by atoms with Crippen molar-refractivity contribution in [3.63, 3.8) is 0 Å². The second-order valence-electron chi connectivity index (χ2n) is 9.67. The first-order valence-corrected chi connectivity index (χ1v) is 11.4. The van der Waals surface area contributed by atoms with Crippen molar-refractivity contribution in [1.29, 1.82) is 0 Å². The Morgan fingerprint density at radius 1 is 1.06 bits per heavy atom. The summed E-state index contributed by atoms with van der Waals surface area (Å²) in [5, 5.41) is 3.15. The van der Waals surface area contributed by atoms with E-state index in [1.807, 2.05) is 44.7 Å². The van der Waals surface area contributed by atoms with Crippen LogP contribution in [0, 0.1) is 26.2 Å². The van der Waals surface area contributed by atoms with Crippen LogP contribution in [0.15, 0.2) is 36.4 Å². The van der Waals surface area contributed by atoms with E-state index in [9.17, 15) is 9.59 Å². The number of hydrogen-bond acceptors (Lipinski definition) is 2. The monoisotopic (exact) mass is 420 g/mol. The molecule has 0 bridgehead atoms. The Hall–Kier alpha value is -2.62. The van der Waals surface area contributed by atoms with Crippen LogP contribution in [0.4, 0.5) is 5.69 Å². The number of nitrogens with zero attached hydrogens (tertiary/aromatic N) is 1. The summed E-state index contributed by atoms with van der Waals surface area (Å²) in [6.07, 6.45) is 3.42. The van der Waals surface area contributed by atoms with Gasteiger partial charge < -0.3 is 10.2 Å². The fourth-order valence-electron chi connectivity index (χ4n) is 4.67. The van der Waals surface area contributed by atoms with Crippen molar-refractivity contribution < 1.29 is 9.59 Å². The molecule has 166 valence electrons. The SMILES string of the molecule is CCCCC(C)(C)C(=O)N1Cc2ccccc2C[C@H]1C(=O)Nc1c(C)cc(C)cc1C. The van der Waals surface area contributed by atoms with Crippen molar-refractivity contribution >= 4 is 17.5 Å². The highest BCUT2D eigenvalue weighted by Gasteiger charge is 2.40. The van der Waals surface area contributed by atoms with Crippen molar-refractivity contribution in [2.45, 2.75) is 79.8 Å². The maximum absolute atomic E-state index is 13.6. The summed E-state index contributed by atoms with van der Waals surface area (Å²) < 4.78 is 0. The highest BCUT2D eigenvalue weighted by molar-refractivity contribution is 5.99. The average Bonchev–Trinajstić information content (AvgIpc) is 2.73. The molecule has 2 amide bonds. The Morgan fingerprint density at radius 3 is 2.29 bits per heavy atom. The lowest BCUT2D eigenvalue weighted by molar-refractivity contribution is -0.148. The standard InChI is InChI=1S/C27H36N2O2/c1-7-8-13-27(5,6)26(31)29-17-22-12-10-9-11-21(22)16-23(29)25(30)28-24-19(3)14-18(2)15-20(24)4/h9-12,14-15,23H,7-8,13,16-17H2,1-6H3,(H,28,30)/t23-/m0/s1. The summed E-state index contributed by atoms with van der Waals surface area (Å²) >= 11 is 0. The van der Waals surface area contributed by atoms with Crippen LogP contribution in [0.3, 0.4) is 0 Å². The number of carbonyl (C=O) groups is 2. The first kappa shape index (κ1) is 23.1. The number of amides is 2. The average molecular weight is 421 g/mol. The predicted molar refractivity (Wildman–Crippen MR) is 127 cm³/mol. The van der Waals surface area contributed by atoms with Gasteiger partial charge in [-0.1, -0.05) is 75.6 Å². The molecule has 4 heteroatoms. The molecule has 0 aromatic heterocycles. The summed E-state index contributed by atoms with van der Waals surface area (Å²) in [6.45, 7) is 12.7. The number of nitrogens with one attached hydrogen (secondary N) is 1. The fraction of sp³-hybridized carbons (Fsp3) is 0.481. The van der Waals surface area contributed by atoms with Crippen LogP contribution in [-0.2, 0) is 22.6 Å². The summed E-state index contributed by atoms with van der Waals surface area (Å²) in [6, 6.07) is 11.8. The van der Waals surface area contributed by atoms with E-state index in [-0.39, 0.29) is 11.8 Å². The third-order valence-electron chi connectivity index (χ3n) is 6.47. The predicted octanol–water partition coefficient (Wildman–Crippen LogP) is 5.72. The van der Waals surface area contributed by atoms with Crippen LogP contribution < -0.4 is 5.32 Å². The summed E-state index contributed by atoms with van der Waals surface area (Å²) in [5.74, 6) is -0.0443. The van der Waals surface area contributed by atoms with Gasteiger partial charge in [0.15, 0.2) is 0 Å². The number of fused-ring (bicyclic) bond motifs is 1. The van der Waals surface area contributed by atoms with Gasteiger partial charge in [-0.05, 0) is 49.4 Å². The molecule has 0 saturated heterocycles. The Morgan fingerprint density at radius 2 is 1.68 bits per heavy atom. The molecule has 0 saturated carbocycles. The molecule has 31 heavy (non-hydrogen) atoms. The van der Waals surface area contributed by atoms with Crippen molar-refractivity contribution in [2.75, 3.05) is 5.32 Å². The molecule has 4 nitrogen and oxygen atoms in total. The Balaban J connectivity index is 1.93. The number of aryl methyl sites for hydroxylation is 3. The molecule has 0 spiro atoms. The van der Waals surface area contributed by atoms with Gasteiger partial charge in [-0.3, -0.25) is 9.59 Å². The molecule has 1 aliphatic rings. The van der Waals surface area contributed by atoms with Gasteiger partial charge in [0.2, 0.25) is 11.8 Å². The van der Waals surface area contributed by atoms with E-state index >= 15 is 0 Å². The summed E-state index contributed by atoms with van der Waals surface area (Å²) in [5.41, 5.74) is 5.91. The van der Waals surface area contributed by atoms with Crippen LogP contribution in [0.1, 0.15) is 67.9 Å². The highest BCUT2D eigenvalue weighted by atomic mass is 16.2. The second-order valence-corrected chi connectivity index (χ2v) is 9.67. The highest BCUT2D eigenvalue weighted by Crippen LogP contribution is 2.32. The van der Waals surface area contributed by atoms with E-state index in [1.54, 1.807) is 0 Å². The zero-order valence-corrected chi connectivity index (χ0v) is 19.8. The lowest BCUT2D eigenvalue weighted by atomic mass is 9.83. The van der Waals surface area contributed by atoms with E-state index in [1.165, 1.54) is 5.56 Å². The van der Waals surface area contributed by atoms with Crippen LogP contribution >= 0.6 is 0 Å². The third kappa shape index (κ3) is 5.00. The Labute approximate surface area is 187 Å². The molecule has 2 aromatic rings. The number of benzene rings is 2. The summed E-state index contributed by atoms with van der Waals surface area (Å²) in [4.78, 5) is 29.0. The first-order chi connectivity index (χ1) is 14.6. The van der Waals surface area contributed by atoms with Crippen LogP contribution in [-0.4, -0.2) is 22.8 Å². The van der Waals surface area contributed by atoms with Gasteiger partial charge in [-0.25, -0.2) is 0 Å². The number of anilines is 1. The minimum Gasteiger partial charge on any atom is -0.326 e. The van der Waals surface area contributed by atoms with Crippen molar-refractivity contribution in [3.8, 4) is 0 Å². The van der Waals surface area contributed by atoms with Gasteiger partial charge in [-0.2, -0.15) is 0 Å². The molecular formula is C27H36N2O2. The topological polar surface area (TPSA) is 49.4 Å². The molecule has 2 aromatic carbocycles. The van der Waals surface area contributed by atoms with Crippen LogP contribution in [0.25, 0.3) is 0 Å². The van der Waals surface area contributed by atoms with Gasteiger partial charge in [0, 0.05) is 24.1 Å². The fourth-order valence-corrected chi connectivity index (χ4v) is 4.67. The van der Waals surface area contributed by atoms with Gasteiger partial charge >= 0.3 is 0 Å². The Bertz CT molecular complexity index is 954. The minimum atomic E-state index is -0.511. The normalized spacial score (nSPS) is 16.1. The molecular weight excluding hydrogens is 384 g/mol. The molecule has 1 N–H and O–H groups in total. The lowest BCUT2D eigenvalue weighted by Gasteiger charge is -2.40. The van der Waals surface area contributed by atoms with E-state index in [0.717, 1.165) is 47.2 Å². The molecule has 3 rings (SSSR count). The van der Waals surface area contributed by atoms with Crippen molar-refractivity contribution in [1.82, 2.24) is 4.90 Å². The molecule has 0 aliphatic carbocycles. The summed E-state index contributed by atoms with van der Waals surface area (Å²) in [7, 11) is 0. The molecule has 0 unspecified atom stereocenters. The number of unbranched alkanes of at least 4 members (excludes halogenated alkanes) is 1. The smallest absolute Gasteiger partial charge is 0.247 e. The van der Waals surface area contributed by atoms with E-state index in [0.29, 0.717) is 13.0 Å². The minimum absolute atomic E-state index is 0.0629. The maximum atomic E-state index is 13.6. The van der Waals surface area contributed by atoms with E-state index < -0.39 is 11.5 Å². The molecule has 0 fully saturated rings. The van der Waals surface area contributed by atoms with Crippen molar-refractivity contribution in [3.05, 3.63) is 64.2 Å². The number of carbonyl (C=O) groups excluding carboxylic acids is 2. The Kier molecular flexibility index (Phi) is 6.88. The first-order valence-electron chi connectivity index (χ1n) is 11.4. The van der Waals surface area contributed by atoms with E-state index in [4.69, 9.17) is 0 Å². The molecule has 0 radical (unpaired) electrons. The van der Waals surface area contributed by atoms with E-state index in [2.05, 4.69) is 43.4 Å². The molecule has 1 aliphatic heterocycles. The number of hydrogen-bond donors (Lipinski definition) is 1. The van der Waals surface area contributed by atoms with Crippen molar-refractivity contribution in [2.24, 2.45) is 5.41 Å². The quantitative estimate of drug-likeness (QED) is 0.650. The third-order valence-corrected chi connectivity index (χ3v) is 6.47. The van der Waals surface area contributed by atoms with Crippen LogP contribution in [0.5, 0.6) is 0 Å². The zero-order chi connectivity index (χ0) is 22.8. The van der Waals surface area contributed by atoms with Crippen LogP contribution in [0.2, 0.25) is 0 Å².